The number of hydrogen-bond acceptors (Lipinski definition) is 3. The zero-order chi connectivity index (χ0) is 12.1. The fraction of sp³-hybridized carbons (Fsp3) is 0.286. The maximum Gasteiger partial charge on any atom is 0.119 e. The number of nitrogens with one attached hydrogen (secondary N) is 1. The Balaban J connectivity index is 2.16. The highest BCUT2D eigenvalue weighted by atomic mass is 32.1. The lowest BCUT2D eigenvalue weighted by Gasteiger charge is -2.16. The summed E-state index contributed by atoms with van der Waals surface area (Å²) in [4.78, 5) is 0. The van der Waals surface area contributed by atoms with E-state index in [0.29, 0.717) is 6.04 Å². The van der Waals surface area contributed by atoms with E-state index in [-0.39, 0.29) is 0 Å². The highest BCUT2D eigenvalue weighted by molar-refractivity contribution is 7.07. The first-order valence-corrected chi connectivity index (χ1v) is 6.60. The molecule has 2 rings (SSSR count). The molecule has 0 fully saturated rings. The Hall–Kier alpha value is -1.32. The quantitative estimate of drug-likeness (QED) is 0.875. The molecule has 0 aliphatic carbocycles. The molecule has 0 amide bonds. The van der Waals surface area contributed by atoms with Crippen molar-refractivity contribution < 1.29 is 4.74 Å². The lowest BCUT2D eigenvalue weighted by molar-refractivity contribution is 0.413. The number of thiophene rings is 1. The van der Waals surface area contributed by atoms with E-state index in [2.05, 4.69) is 34.3 Å². The molecule has 0 saturated heterocycles. The second kappa shape index (κ2) is 5.84. The molecular weight excluding hydrogens is 230 g/mol. The Morgan fingerprint density at radius 3 is 2.88 bits per heavy atom. The first-order valence-electron chi connectivity index (χ1n) is 5.65. The summed E-state index contributed by atoms with van der Waals surface area (Å²) in [7, 11) is 3.70. The monoisotopic (exact) mass is 247 g/mol. The zero-order valence-corrected chi connectivity index (χ0v) is 11.0. The van der Waals surface area contributed by atoms with Gasteiger partial charge in [0, 0.05) is 6.04 Å². The second-order valence-electron chi connectivity index (χ2n) is 3.95. The van der Waals surface area contributed by atoms with Crippen molar-refractivity contribution in [3.05, 3.63) is 52.2 Å². The molecule has 0 radical (unpaired) electrons. The average molecular weight is 247 g/mol. The minimum absolute atomic E-state index is 0.333. The Bertz CT molecular complexity index is 453. The number of benzene rings is 1. The molecule has 17 heavy (non-hydrogen) atoms. The van der Waals surface area contributed by atoms with Crippen LogP contribution < -0.4 is 10.1 Å². The predicted octanol–water partition coefficient (Wildman–Crippen LogP) is 3.26. The number of hydrogen-bond donors (Lipinski definition) is 1. The van der Waals surface area contributed by atoms with Gasteiger partial charge in [0.15, 0.2) is 0 Å². The van der Waals surface area contributed by atoms with Crippen LogP contribution in [0.3, 0.4) is 0 Å². The summed E-state index contributed by atoms with van der Waals surface area (Å²) in [5.41, 5.74) is 2.63. The zero-order valence-electron chi connectivity index (χ0n) is 10.1. The molecule has 1 atom stereocenters. The fourth-order valence-electron chi connectivity index (χ4n) is 1.89. The maximum absolute atomic E-state index is 5.26. The summed E-state index contributed by atoms with van der Waals surface area (Å²) in [6, 6.07) is 10.7. The molecule has 0 bridgehead atoms. The normalized spacial score (nSPS) is 12.4. The van der Waals surface area contributed by atoms with Crippen LogP contribution in [-0.4, -0.2) is 14.2 Å². The van der Waals surface area contributed by atoms with Crippen LogP contribution in [0.25, 0.3) is 0 Å². The molecule has 1 unspecified atom stereocenters. The molecule has 90 valence electrons. The van der Waals surface area contributed by atoms with Gasteiger partial charge in [-0.1, -0.05) is 12.1 Å². The number of likely N-dealkylation sites (N-methyl/N-ethyl adjacent to an activating group) is 1. The average Bonchev–Trinajstić information content (AvgIpc) is 2.89. The summed E-state index contributed by atoms with van der Waals surface area (Å²) in [6.07, 6.45) is 1.01. The van der Waals surface area contributed by atoms with Crippen molar-refractivity contribution in [3.8, 4) is 5.75 Å². The second-order valence-corrected chi connectivity index (χ2v) is 4.73. The first kappa shape index (κ1) is 12.1. The van der Waals surface area contributed by atoms with Crippen molar-refractivity contribution in [2.75, 3.05) is 14.2 Å². The van der Waals surface area contributed by atoms with Gasteiger partial charge in [0.05, 0.1) is 7.11 Å². The molecule has 0 aliphatic heterocycles. The van der Waals surface area contributed by atoms with Gasteiger partial charge in [0.2, 0.25) is 0 Å². The van der Waals surface area contributed by atoms with Gasteiger partial charge in [-0.05, 0) is 53.6 Å². The molecule has 3 heteroatoms. The van der Waals surface area contributed by atoms with E-state index in [1.165, 1.54) is 11.1 Å². The van der Waals surface area contributed by atoms with Crippen LogP contribution in [0, 0.1) is 0 Å². The maximum atomic E-state index is 5.26. The summed E-state index contributed by atoms with van der Waals surface area (Å²) < 4.78 is 5.26. The Morgan fingerprint density at radius 1 is 1.35 bits per heavy atom. The van der Waals surface area contributed by atoms with Crippen LogP contribution in [0.2, 0.25) is 0 Å². The van der Waals surface area contributed by atoms with Crippen molar-refractivity contribution in [2.24, 2.45) is 0 Å². The fourth-order valence-corrected chi connectivity index (χ4v) is 2.57. The van der Waals surface area contributed by atoms with Gasteiger partial charge in [-0.2, -0.15) is 11.3 Å². The molecule has 1 aromatic heterocycles. The van der Waals surface area contributed by atoms with Crippen LogP contribution in [-0.2, 0) is 6.42 Å². The third-order valence-electron chi connectivity index (χ3n) is 2.86. The van der Waals surface area contributed by atoms with E-state index >= 15 is 0 Å². The highest BCUT2D eigenvalue weighted by Gasteiger charge is 2.10. The van der Waals surface area contributed by atoms with Crippen molar-refractivity contribution in [1.29, 1.82) is 0 Å². The van der Waals surface area contributed by atoms with Crippen molar-refractivity contribution in [2.45, 2.75) is 12.5 Å². The van der Waals surface area contributed by atoms with Crippen molar-refractivity contribution in [1.82, 2.24) is 5.32 Å². The largest absolute Gasteiger partial charge is 0.497 e. The van der Waals surface area contributed by atoms with Gasteiger partial charge in [-0.3, -0.25) is 0 Å². The van der Waals surface area contributed by atoms with E-state index in [4.69, 9.17) is 4.74 Å². The third-order valence-corrected chi connectivity index (χ3v) is 3.60. The Morgan fingerprint density at radius 2 is 2.24 bits per heavy atom. The minimum atomic E-state index is 0.333. The van der Waals surface area contributed by atoms with Crippen LogP contribution in [0.1, 0.15) is 17.2 Å². The molecule has 0 saturated carbocycles. The topological polar surface area (TPSA) is 21.3 Å². The standard InChI is InChI=1S/C14H17NOS/c1-15-14(8-11-6-7-17-10-11)12-4-3-5-13(9-12)16-2/h3-7,9-10,14-15H,8H2,1-2H3. The molecule has 0 aliphatic rings. The lowest BCUT2D eigenvalue weighted by Crippen LogP contribution is -2.18. The van der Waals surface area contributed by atoms with E-state index in [1.807, 2.05) is 19.2 Å². The molecule has 2 aromatic rings. The highest BCUT2D eigenvalue weighted by Crippen LogP contribution is 2.23. The molecular formula is C14H17NOS. The minimum Gasteiger partial charge on any atom is -0.497 e. The van der Waals surface area contributed by atoms with E-state index in [1.54, 1.807) is 18.4 Å². The van der Waals surface area contributed by atoms with Gasteiger partial charge < -0.3 is 10.1 Å². The summed E-state index contributed by atoms with van der Waals surface area (Å²) in [5.74, 6) is 0.910. The summed E-state index contributed by atoms with van der Waals surface area (Å²) >= 11 is 1.74. The van der Waals surface area contributed by atoms with E-state index in [9.17, 15) is 0 Å². The molecule has 1 aromatic carbocycles. The van der Waals surface area contributed by atoms with Crippen LogP contribution in [0.5, 0.6) is 5.75 Å². The SMILES string of the molecule is CNC(Cc1ccsc1)c1cccc(OC)c1. The van der Waals surface area contributed by atoms with Gasteiger partial charge in [-0.15, -0.1) is 0 Å². The third kappa shape index (κ3) is 3.08. The molecule has 1 N–H and O–H groups in total. The lowest BCUT2D eigenvalue weighted by atomic mass is 10.0. The van der Waals surface area contributed by atoms with Crippen LogP contribution in [0.4, 0.5) is 0 Å². The van der Waals surface area contributed by atoms with Crippen molar-refractivity contribution in [3.63, 3.8) is 0 Å². The van der Waals surface area contributed by atoms with Gasteiger partial charge >= 0.3 is 0 Å². The van der Waals surface area contributed by atoms with Crippen LogP contribution >= 0.6 is 11.3 Å². The van der Waals surface area contributed by atoms with Crippen molar-refractivity contribution >= 4 is 11.3 Å². The van der Waals surface area contributed by atoms with Gasteiger partial charge in [-0.25, -0.2) is 0 Å². The van der Waals surface area contributed by atoms with Crippen LogP contribution in [0.15, 0.2) is 41.1 Å². The number of ether oxygens (including phenoxy) is 1. The van der Waals surface area contributed by atoms with E-state index < -0.39 is 0 Å². The smallest absolute Gasteiger partial charge is 0.119 e. The molecule has 0 spiro atoms. The molecule has 2 nitrogen and oxygen atoms in total. The summed E-state index contributed by atoms with van der Waals surface area (Å²) in [6.45, 7) is 0. The first-order chi connectivity index (χ1) is 8.33. The van der Waals surface area contributed by atoms with Gasteiger partial charge in [0.25, 0.3) is 0 Å². The Labute approximate surface area is 106 Å². The van der Waals surface area contributed by atoms with Gasteiger partial charge in [0.1, 0.15) is 5.75 Å². The summed E-state index contributed by atoms with van der Waals surface area (Å²) in [5, 5.41) is 7.67. The predicted molar refractivity (Wildman–Crippen MR) is 72.8 cm³/mol. The van der Waals surface area contributed by atoms with E-state index in [0.717, 1.165) is 12.2 Å². The molecule has 1 heterocycles. The Kier molecular flexibility index (Phi) is 4.18. The number of rotatable bonds is 5. The number of methoxy groups -OCH3 is 1.